The molecule has 1 aromatic carbocycles. The first kappa shape index (κ1) is 20.9. The first-order chi connectivity index (χ1) is 13.3. The summed E-state index contributed by atoms with van der Waals surface area (Å²) in [4.78, 5) is 26.3. The van der Waals surface area contributed by atoms with Crippen LogP contribution in [0.1, 0.15) is 51.7 Å². The molecule has 5 nitrogen and oxygen atoms in total. The van der Waals surface area contributed by atoms with E-state index in [4.69, 9.17) is 9.47 Å². The molecule has 150 valence electrons. The van der Waals surface area contributed by atoms with Crippen LogP contribution in [0.2, 0.25) is 0 Å². The summed E-state index contributed by atoms with van der Waals surface area (Å²) in [5.74, 6) is 0.0119. The van der Waals surface area contributed by atoms with Crippen LogP contribution in [0, 0.1) is 13.8 Å². The highest BCUT2D eigenvalue weighted by atomic mass is 79.9. The molecule has 1 atom stereocenters. The molecule has 0 spiro atoms. The van der Waals surface area contributed by atoms with Crippen molar-refractivity contribution in [3.05, 3.63) is 43.7 Å². The lowest BCUT2D eigenvalue weighted by molar-refractivity contribution is -0.122. The van der Waals surface area contributed by atoms with E-state index in [2.05, 4.69) is 21.2 Å². The fourth-order valence-electron chi connectivity index (χ4n) is 3.50. The molecular formula is C21H24BrNO4S. The van der Waals surface area contributed by atoms with Gasteiger partial charge in [-0.1, -0.05) is 15.9 Å². The van der Waals surface area contributed by atoms with Crippen molar-refractivity contribution in [1.29, 1.82) is 0 Å². The number of carbonyl (C=O) groups is 2. The zero-order valence-corrected chi connectivity index (χ0v) is 18.9. The first-order valence-corrected chi connectivity index (χ1v) is 10.9. The Morgan fingerprint density at radius 1 is 1.18 bits per heavy atom. The summed E-state index contributed by atoms with van der Waals surface area (Å²) in [5.41, 5.74) is 3.42. The minimum atomic E-state index is -0.705. The van der Waals surface area contributed by atoms with Crippen LogP contribution < -0.4 is 10.1 Å². The van der Waals surface area contributed by atoms with Crippen LogP contribution in [-0.4, -0.2) is 25.1 Å². The Labute approximate surface area is 177 Å². The molecule has 7 heteroatoms. The highest BCUT2D eigenvalue weighted by Crippen LogP contribution is 2.38. The lowest BCUT2D eigenvalue weighted by Crippen LogP contribution is -2.31. The van der Waals surface area contributed by atoms with E-state index in [1.165, 1.54) is 18.4 Å². The molecule has 0 radical (unpaired) electrons. The Bertz CT molecular complexity index is 898. The zero-order valence-electron chi connectivity index (χ0n) is 16.5. The quantitative estimate of drug-likeness (QED) is 0.616. The summed E-state index contributed by atoms with van der Waals surface area (Å²) in [6, 6.07) is 3.91. The van der Waals surface area contributed by atoms with E-state index in [1.807, 2.05) is 26.0 Å². The number of rotatable bonds is 5. The first-order valence-electron chi connectivity index (χ1n) is 9.29. The standard InChI is InChI=1S/C21H24BrNO4S/c1-11-9-14(22)10-12(2)18(11)27-13(3)19(24)23-20-17(21(25)26-4)15-7-5-6-8-16(15)28-20/h9-10,13H,5-8H2,1-4H3,(H,23,24). The number of carbonyl (C=O) groups excluding carboxylic acids is 2. The number of esters is 1. The number of aryl methyl sites for hydroxylation is 3. The summed E-state index contributed by atoms with van der Waals surface area (Å²) in [7, 11) is 1.37. The highest BCUT2D eigenvalue weighted by Gasteiger charge is 2.28. The van der Waals surface area contributed by atoms with E-state index < -0.39 is 12.1 Å². The van der Waals surface area contributed by atoms with Crippen molar-refractivity contribution in [2.75, 3.05) is 12.4 Å². The molecule has 1 N–H and O–H groups in total. The van der Waals surface area contributed by atoms with Gasteiger partial charge in [0.05, 0.1) is 12.7 Å². The molecule has 0 saturated heterocycles. The van der Waals surface area contributed by atoms with Gasteiger partial charge in [0.25, 0.3) is 5.91 Å². The number of fused-ring (bicyclic) bond motifs is 1. The van der Waals surface area contributed by atoms with Gasteiger partial charge in [0.1, 0.15) is 10.8 Å². The minimum absolute atomic E-state index is 0.287. The van der Waals surface area contributed by atoms with Gasteiger partial charge in [-0.2, -0.15) is 0 Å². The van der Waals surface area contributed by atoms with Crippen molar-refractivity contribution in [2.24, 2.45) is 0 Å². The van der Waals surface area contributed by atoms with Gasteiger partial charge in [0, 0.05) is 9.35 Å². The van der Waals surface area contributed by atoms with Crippen molar-refractivity contribution in [3.63, 3.8) is 0 Å². The number of benzene rings is 1. The summed E-state index contributed by atoms with van der Waals surface area (Å²) in [6.45, 7) is 5.60. The Hall–Kier alpha value is -1.86. The summed E-state index contributed by atoms with van der Waals surface area (Å²) < 4.78 is 11.9. The molecule has 1 aliphatic rings. The van der Waals surface area contributed by atoms with Gasteiger partial charge in [-0.05, 0) is 75.3 Å². The SMILES string of the molecule is COC(=O)c1c(NC(=O)C(C)Oc2c(C)cc(Br)cc2C)sc2c1CCCC2. The monoisotopic (exact) mass is 465 g/mol. The van der Waals surface area contributed by atoms with E-state index in [0.717, 1.165) is 51.7 Å². The third-order valence-electron chi connectivity index (χ3n) is 4.89. The van der Waals surface area contributed by atoms with Gasteiger partial charge >= 0.3 is 5.97 Å². The van der Waals surface area contributed by atoms with Gasteiger partial charge in [0.15, 0.2) is 6.10 Å². The molecule has 0 saturated carbocycles. The van der Waals surface area contributed by atoms with Crippen LogP contribution in [0.5, 0.6) is 5.75 Å². The maximum atomic E-state index is 12.8. The Morgan fingerprint density at radius 2 is 1.82 bits per heavy atom. The van der Waals surface area contributed by atoms with Crippen LogP contribution in [0.3, 0.4) is 0 Å². The number of methoxy groups -OCH3 is 1. The largest absolute Gasteiger partial charge is 0.480 e. The normalized spacial score (nSPS) is 14.2. The van der Waals surface area contributed by atoms with Gasteiger partial charge in [0.2, 0.25) is 0 Å². The summed E-state index contributed by atoms with van der Waals surface area (Å²) >= 11 is 4.94. The van der Waals surface area contributed by atoms with Crippen LogP contribution in [0.15, 0.2) is 16.6 Å². The predicted octanol–water partition coefficient (Wildman–Crippen LogP) is 5.20. The fourth-order valence-corrected chi connectivity index (χ4v) is 5.47. The molecule has 1 unspecified atom stereocenters. The van der Waals surface area contributed by atoms with E-state index in [0.29, 0.717) is 16.3 Å². The number of ether oxygens (including phenoxy) is 2. The molecule has 1 heterocycles. The Morgan fingerprint density at radius 3 is 2.46 bits per heavy atom. The number of thiophene rings is 1. The van der Waals surface area contributed by atoms with Crippen molar-refractivity contribution >= 4 is 44.1 Å². The average molecular weight is 466 g/mol. The second-order valence-corrected chi connectivity index (χ2v) is 9.05. The maximum absolute atomic E-state index is 12.8. The lowest BCUT2D eigenvalue weighted by Gasteiger charge is -2.18. The van der Waals surface area contributed by atoms with Crippen molar-refractivity contribution < 1.29 is 19.1 Å². The van der Waals surface area contributed by atoms with Crippen LogP contribution >= 0.6 is 27.3 Å². The molecule has 0 bridgehead atoms. The maximum Gasteiger partial charge on any atom is 0.341 e. The van der Waals surface area contributed by atoms with E-state index in [9.17, 15) is 9.59 Å². The summed E-state index contributed by atoms with van der Waals surface area (Å²) in [5, 5.41) is 3.46. The Kier molecular flexibility index (Phi) is 6.45. The zero-order chi connectivity index (χ0) is 20.4. The highest BCUT2D eigenvalue weighted by molar-refractivity contribution is 9.10. The van der Waals surface area contributed by atoms with Gasteiger partial charge in [-0.25, -0.2) is 4.79 Å². The molecule has 1 aromatic heterocycles. The minimum Gasteiger partial charge on any atom is -0.480 e. The van der Waals surface area contributed by atoms with E-state index in [-0.39, 0.29) is 5.91 Å². The molecule has 2 aromatic rings. The number of hydrogen-bond donors (Lipinski definition) is 1. The van der Waals surface area contributed by atoms with Gasteiger partial charge < -0.3 is 14.8 Å². The second-order valence-electron chi connectivity index (χ2n) is 7.02. The van der Waals surface area contributed by atoms with E-state index in [1.54, 1.807) is 6.92 Å². The number of amides is 1. The molecule has 0 fully saturated rings. The third kappa shape index (κ3) is 4.25. The molecule has 1 amide bonds. The third-order valence-corrected chi connectivity index (χ3v) is 6.55. The molecular weight excluding hydrogens is 442 g/mol. The molecule has 28 heavy (non-hydrogen) atoms. The summed E-state index contributed by atoms with van der Waals surface area (Å²) in [6.07, 6.45) is 3.22. The number of anilines is 1. The van der Waals surface area contributed by atoms with Gasteiger partial charge in [-0.3, -0.25) is 4.79 Å². The Balaban J connectivity index is 1.81. The average Bonchev–Trinajstić information content (AvgIpc) is 3.01. The lowest BCUT2D eigenvalue weighted by atomic mass is 9.95. The smallest absolute Gasteiger partial charge is 0.341 e. The van der Waals surface area contributed by atoms with Crippen molar-refractivity contribution in [3.8, 4) is 5.75 Å². The number of nitrogens with one attached hydrogen (secondary N) is 1. The number of hydrogen-bond acceptors (Lipinski definition) is 5. The molecule has 1 aliphatic carbocycles. The molecule has 0 aliphatic heterocycles. The molecule has 3 rings (SSSR count). The van der Waals surface area contributed by atoms with E-state index >= 15 is 0 Å². The van der Waals surface area contributed by atoms with Crippen LogP contribution in [0.25, 0.3) is 0 Å². The fraction of sp³-hybridized carbons (Fsp3) is 0.429. The van der Waals surface area contributed by atoms with Crippen molar-refractivity contribution in [2.45, 2.75) is 52.6 Å². The number of halogens is 1. The van der Waals surface area contributed by atoms with Crippen molar-refractivity contribution in [1.82, 2.24) is 0 Å². The van der Waals surface area contributed by atoms with Crippen LogP contribution in [-0.2, 0) is 22.4 Å². The second kappa shape index (κ2) is 8.66. The predicted molar refractivity (Wildman–Crippen MR) is 115 cm³/mol. The van der Waals surface area contributed by atoms with Gasteiger partial charge in [-0.15, -0.1) is 11.3 Å². The topological polar surface area (TPSA) is 64.6 Å². The van der Waals surface area contributed by atoms with Crippen LogP contribution in [0.4, 0.5) is 5.00 Å².